The Balaban J connectivity index is 4.24. The molecular weight excluding hydrogens is 913 g/mol. The van der Waals surface area contributed by atoms with E-state index in [1.165, 1.54) is 180 Å². The van der Waals surface area contributed by atoms with Crippen molar-refractivity contribution < 1.29 is 28.6 Å². The predicted molar refractivity (Wildman–Crippen MR) is 321 cm³/mol. The summed E-state index contributed by atoms with van der Waals surface area (Å²) in [4.78, 5) is 38.2. The zero-order valence-corrected chi connectivity index (χ0v) is 49.1. The van der Waals surface area contributed by atoms with Crippen LogP contribution in [0.1, 0.15) is 323 Å². The van der Waals surface area contributed by atoms with Crippen LogP contribution in [0.25, 0.3) is 0 Å². The summed E-state index contributed by atoms with van der Waals surface area (Å²) >= 11 is 0. The minimum atomic E-state index is -0.778. The average molecular weight is 1030 g/mol. The summed E-state index contributed by atoms with van der Waals surface area (Å²) in [6.45, 7) is 6.54. The van der Waals surface area contributed by atoms with Gasteiger partial charge >= 0.3 is 17.9 Å². The van der Waals surface area contributed by atoms with Crippen LogP contribution in [-0.4, -0.2) is 37.2 Å². The Morgan fingerprint density at radius 3 is 0.824 bits per heavy atom. The van der Waals surface area contributed by atoms with Gasteiger partial charge in [0.25, 0.3) is 0 Å². The molecule has 0 aromatic rings. The maximum Gasteiger partial charge on any atom is 0.306 e. The largest absolute Gasteiger partial charge is 0.462 e. The van der Waals surface area contributed by atoms with Crippen molar-refractivity contribution in [2.24, 2.45) is 0 Å². The van der Waals surface area contributed by atoms with Crippen LogP contribution < -0.4 is 0 Å². The average Bonchev–Trinajstić information content (AvgIpc) is 3.40. The molecule has 0 radical (unpaired) electrons. The third kappa shape index (κ3) is 59.7. The van der Waals surface area contributed by atoms with E-state index in [9.17, 15) is 14.4 Å². The summed E-state index contributed by atoms with van der Waals surface area (Å²) in [5.41, 5.74) is 0. The predicted octanol–water partition coefficient (Wildman–Crippen LogP) is 21.7. The maximum absolute atomic E-state index is 12.9. The van der Waals surface area contributed by atoms with E-state index in [0.717, 1.165) is 103 Å². The fraction of sp³-hybridized carbons (Fsp3) is 0.779. The van der Waals surface area contributed by atoms with Gasteiger partial charge in [-0.25, -0.2) is 0 Å². The lowest BCUT2D eigenvalue weighted by Crippen LogP contribution is -2.30. The number of esters is 3. The van der Waals surface area contributed by atoms with Crippen LogP contribution in [0.4, 0.5) is 0 Å². The summed E-state index contributed by atoms with van der Waals surface area (Å²) in [6, 6.07) is 0. The number of unbranched alkanes of at least 4 members (excludes halogenated alkanes) is 35. The molecule has 74 heavy (non-hydrogen) atoms. The highest BCUT2D eigenvalue weighted by molar-refractivity contribution is 5.71. The number of rotatable bonds is 58. The Kier molecular flexibility index (Phi) is 59.7. The van der Waals surface area contributed by atoms with Crippen LogP contribution in [0.2, 0.25) is 0 Å². The van der Waals surface area contributed by atoms with Gasteiger partial charge in [-0.1, -0.05) is 306 Å². The van der Waals surface area contributed by atoms with Crippen molar-refractivity contribution in [2.75, 3.05) is 13.2 Å². The van der Waals surface area contributed by atoms with Gasteiger partial charge in [-0.2, -0.15) is 0 Å². The molecule has 0 fully saturated rings. The first kappa shape index (κ1) is 70.8. The highest BCUT2D eigenvalue weighted by atomic mass is 16.6. The molecule has 0 aliphatic carbocycles. The highest BCUT2D eigenvalue weighted by Gasteiger charge is 2.19. The second-order valence-electron chi connectivity index (χ2n) is 21.3. The molecule has 0 bridgehead atoms. The summed E-state index contributed by atoms with van der Waals surface area (Å²) < 4.78 is 16.9. The van der Waals surface area contributed by atoms with Crippen LogP contribution in [-0.2, 0) is 28.6 Å². The van der Waals surface area contributed by atoms with Crippen molar-refractivity contribution in [1.29, 1.82) is 0 Å². The second kappa shape index (κ2) is 62.4. The Morgan fingerprint density at radius 2 is 0.527 bits per heavy atom. The monoisotopic (exact) mass is 1030 g/mol. The number of allylic oxidation sites excluding steroid dienone is 12. The Hall–Kier alpha value is -3.15. The van der Waals surface area contributed by atoms with Crippen LogP contribution >= 0.6 is 0 Å². The summed E-state index contributed by atoms with van der Waals surface area (Å²) in [6.07, 6.45) is 80.6. The highest BCUT2D eigenvalue weighted by Crippen LogP contribution is 2.17. The summed E-state index contributed by atoms with van der Waals surface area (Å²) in [5, 5.41) is 0. The first-order valence-electron chi connectivity index (χ1n) is 31.9. The minimum Gasteiger partial charge on any atom is -0.462 e. The Labute approximate surface area is 459 Å². The molecule has 0 aliphatic rings. The van der Waals surface area contributed by atoms with Crippen molar-refractivity contribution in [3.05, 3.63) is 72.9 Å². The van der Waals surface area contributed by atoms with E-state index in [4.69, 9.17) is 14.2 Å². The molecule has 0 aliphatic heterocycles. The second-order valence-corrected chi connectivity index (χ2v) is 21.3. The lowest BCUT2D eigenvalue weighted by Gasteiger charge is -2.18. The molecule has 1 unspecified atom stereocenters. The van der Waals surface area contributed by atoms with Gasteiger partial charge < -0.3 is 14.2 Å². The quantitative estimate of drug-likeness (QED) is 0.0261. The zero-order valence-electron chi connectivity index (χ0n) is 49.1. The third-order valence-corrected chi connectivity index (χ3v) is 14.0. The van der Waals surface area contributed by atoms with Gasteiger partial charge in [0.05, 0.1) is 0 Å². The van der Waals surface area contributed by atoms with Crippen LogP contribution in [0.3, 0.4) is 0 Å². The lowest BCUT2D eigenvalue weighted by molar-refractivity contribution is -0.167. The van der Waals surface area contributed by atoms with Gasteiger partial charge in [-0.15, -0.1) is 0 Å². The third-order valence-electron chi connectivity index (χ3n) is 14.0. The lowest BCUT2D eigenvalue weighted by atomic mass is 10.0. The van der Waals surface area contributed by atoms with E-state index in [1.54, 1.807) is 0 Å². The minimum absolute atomic E-state index is 0.0762. The molecule has 6 nitrogen and oxygen atoms in total. The van der Waals surface area contributed by atoms with Gasteiger partial charge in [0.2, 0.25) is 0 Å². The van der Waals surface area contributed by atoms with Crippen molar-refractivity contribution in [3.63, 3.8) is 0 Å². The van der Waals surface area contributed by atoms with Crippen molar-refractivity contribution >= 4 is 17.9 Å². The van der Waals surface area contributed by atoms with Crippen LogP contribution in [0.5, 0.6) is 0 Å². The number of carbonyl (C=O) groups excluding carboxylic acids is 3. The van der Waals surface area contributed by atoms with Crippen molar-refractivity contribution in [3.8, 4) is 0 Å². The smallest absolute Gasteiger partial charge is 0.306 e. The van der Waals surface area contributed by atoms with Gasteiger partial charge in [0.1, 0.15) is 13.2 Å². The van der Waals surface area contributed by atoms with E-state index in [2.05, 4.69) is 93.7 Å². The SMILES string of the molecule is CC/C=C\C/C=C\C/C=C\C/C=C\C/C=C\C/C=C\CCCCCCCCC(=O)OCC(COC(=O)CCCCCCCCCCC)OC(=O)CCCCCCCCCCCCCCCCCCCCCCCC. The Bertz CT molecular complexity index is 1370. The molecule has 6 heteroatoms. The zero-order chi connectivity index (χ0) is 53.6. The fourth-order valence-electron chi connectivity index (χ4n) is 9.21. The van der Waals surface area contributed by atoms with Gasteiger partial charge in [0.15, 0.2) is 6.10 Å². The molecule has 0 saturated heterocycles. The molecule has 1 atom stereocenters. The van der Waals surface area contributed by atoms with Crippen molar-refractivity contribution in [2.45, 2.75) is 329 Å². The molecule has 0 saturated carbocycles. The molecule has 0 aromatic heterocycles. The van der Waals surface area contributed by atoms with Gasteiger partial charge in [-0.05, 0) is 70.6 Å². The van der Waals surface area contributed by atoms with Crippen LogP contribution in [0, 0.1) is 0 Å². The Morgan fingerprint density at radius 1 is 0.284 bits per heavy atom. The van der Waals surface area contributed by atoms with E-state index in [0.29, 0.717) is 19.3 Å². The normalized spacial score (nSPS) is 12.5. The van der Waals surface area contributed by atoms with E-state index in [-0.39, 0.29) is 31.1 Å². The first-order valence-corrected chi connectivity index (χ1v) is 31.9. The fourth-order valence-corrected chi connectivity index (χ4v) is 9.21. The van der Waals surface area contributed by atoms with E-state index >= 15 is 0 Å². The molecule has 0 spiro atoms. The molecule has 0 rings (SSSR count). The van der Waals surface area contributed by atoms with E-state index < -0.39 is 6.10 Å². The molecule has 428 valence electrons. The van der Waals surface area contributed by atoms with Crippen molar-refractivity contribution in [1.82, 2.24) is 0 Å². The number of carbonyl (C=O) groups is 3. The van der Waals surface area contributed by atoms with Gasteiger partial charge in [-0.3, -0.25) is 14.4 Å². The number of hydrogen-bond donors (Lipinski definition) is 0. The summed E-state index contributed by atoms with van der Waals surface area (Å²) in [7, 11) is 0. The summed E-state index contributed by atoms with van der Waals surface area (Å²) in [5.74, 6) is -0.878. The molecule has 0 heterocycles. The number of ether oxygens (including phenoxy) is 3. The van der Waals surface area contributed by atoms with E-state index in [1.807, 2.05) is 0 Å². The first-order chi connectivity index (χ1) is 36.5. The molecule has 0 N–H and O–H groups in total. The maximum atomic E-state index is 12.9. The topological polar surface area (TPSA) is 78.9 Å². The van der Waals surface area contributed by atoms with Gasteiger partial charge in [0, 0.05) is 19.3 Å². The van der Waals surface area contributed by atoms with Crippen LogP contribution in [0.15, 0.2) is 72.9 Å². The molecule has 0 amide bonds. The molecule has 0 aromatic carbocycles. The molecular formula is C68H120O6. The number of hydrogen-bond acceptors (Lipinski definition) is 6. The standard InChI is InChI=1S/C68H120O6/c1-4-7-10-13-16-19-21-23-25-27-29-31-33-34-35-37-38-40-42-44-46-49-52-55-58-61-67(70)73-64-65(63-72-66(69)60-57-54-51-48-18-15-12-9-6-3)74-68(71)62-59-56-53-50-47-45-43-41-39-36-32-30-28-26-24-22-20-17-14-11-8-5-2/h7,10,16,19,23,25,29,31,34-35,38,40,65H,4-6,8-9,11-15,17-18,20-22,24,26-28,30,32-33,36-37,39,41-64H2,1-3H3/b10-7-,19-16-,25-23-,31-29-,35-34-,40-38-.